The Kier molecular flexibility index (Phi) is 22.7. The molecule has 0 amide bonds. The van der Waals surface area contributed by atoms with Crippen molar-refractivity contribution in [1.29, 1.82) is 0 Å². The summed E-state index contributed by atoms with van der Waals surface area (Å²) in [5, 5.41) is 0. The zero-order valence-corrected chi connectivity index (χ0v) is 16.9. The van der Waals surface area contributed by atoms with Crippen LogP contribution in [0.15, 0.2) is 0 Å². The minimum absolute atomic E-state index is 0.252. The van der Waals surface area contributed by atoms with Crippen LogP contribution in [0.2, 0.25) is 0 Å². The van der Waals surface area contributed by atoms with Crippen LogP contribution in [0.4, 0.5) is 0 Å². The summed E-state index contributed by atoms with van der Waals surface area (Å²) >= 11 is 0. The fourth-order valence-electron chi connectivity index (χ4n) is 1.71. The fraction of sp³-hybridized carbons (Fsp3) is 0.842. The number of terminal acetylenes is 1. The Labute approximate surface area is 167 Å². The molecule has 0 aliphatic rings. The highest BCUT2D eigenvalue weighted by molar-refractivity contribution is 5.69. The molecule has 0 radical (unpaired) electrons. The van der Waals surface area contributed by atoms with Gasteiger partial charge in [0.15, 0.2) is 0 Å². The molecule has 0 N–H and O–H groups in total. The van der Waals surface area contributed by atoms with Crippen molar-refractivity contribution in [1.82, 2.24) is 0 Å². The molecule has 0 heterocycles. The lowest BCUT2D eigenvalue weighted by atomic mass is 10.5. The van der Waals surface area contributed by atoms with E-state index < -0.39 is 0 Å². The van der Waals surface area contributed by atoms with Gasteiger partial charge in [-0.1, -0.05) is 5.92 Å². The molecule has 9 nitrogen and oxygen atoms in total. The molecule has 0 unspecified atom stereocenters. The van der Waals surface area contributed by atoms with E-state index in [0.717, 1.165) is 0 Å². The van der Waals surface area contributed by atoms with Crippen LogP contribution in [0.5, 0.6) is 0 Å². The van der Waals surface area contributed by atoms with Gasteiger partial charge in [-0.2, -0.15) is 0 Å². The SMILES string of the molecule is C#CCOCCOCCOCCOCCOCCOCCOCCC(=O)OC. The van der Waals surface area contributed by atoms with Crippen LogP contribution in [0.25, 0.3) is 0 Å². The average Bonchev–Trinajstić information content (AvgIpc) is 2.71. The number of carbonyl (C=O) groups is 1. The molecule has 0 aliphatic carbocycles. The molecule has 9 heteroatoms. The van der Waals surface area contributed by atoms with Gasteiger partial charge < -0.3 is 37.9 Å². The predicted octanol–water partition coefficient (Wildman–Crippen LogP) is 0.299. The maximum Gasteiger partial charge on any atom is 0.307 e. The number of ether oxygens (including phenoxy) is 8. The third-order valence-corrected chi connectivity index (χ3v) is 3.10. The van der Waals surface area contributed by atoms with Crippen LogP contribution >= 0.6 is 0 Å². The lowest BCUT2D eigenvalue weighted by molar-refractivity contribution is -0.141. The van der Waals surface area contributed by atoms with Crippen molar-refractivity contribution >= 4 is 5.97 Å². The second-order valence-electron chi connectivity index (χ2n) is 5.26. The van der Waals surface area contributed by atoms with E-state index in [1.54, 1.807) is 0 Å². The quantitative estimate of drug-likeness (QED) is 0.143. The van der Waals surface area contributed by atoms with E-state index in [0.29, 0.717) is 92.5 Å². The molecule has 0 bridgehead atoms. The molecule has 0 aromatic rings. The van der Waals surface area contributed by atoms with E-state index in [2.05, 4.69) is 10.7 Å². The summed E-state index contributed by atoms with van der Waals surface area (Å²) in [6.07, 6.45) is 5.30. The Hall–Kier alpha value is -1.25. The van der Waals surface area contributed by atoms with Crippen LogP contribution in [-0.2, 0) is 42.7 Å². The smallest absolute Gasteiger partial charge is 0.307 e. The first-order valence-corrected chi connectivity index (χ1v) is 9.35. The Balaban J connectivity index is 3.01. The summed E-state index contributed by atoms with van der Waals surface area (Å²) in [4.78, 5) is 10.8. The zero-order chi connectivity index (χ0) is 20.5. The van der Waals surface area contributed by atoms with Crippen molar-refractivity contribution in [3.8, 4) is 12.3 Å². The molecule has 0 aromatic heterocycles. The molecule has 0 spiro atoms. The average molecular weight is 406 g/mol. The van der Waals surface area contributed by atoms with Crippen LogP contribution in [0.1, 0.15) is 6.42 Å². The van der Waals surface area contributed by atoms with Crippen molar-refractivity contribution < 1.29 is 42.7 Å². The largest absolute Gasteiger partial charge is 0.469 e. The standard InChI is InChI=1S/C19H34O9/c1-3-5-22-7-9-24-11-13-26-15-17-28-18-16-27-14-12-25-10-8-23-6-4-19(20)21-2/h1H,4-18H2,2H3. The highest BCUT2D eigenvalue weighted by Gasteiger charge is 1.99. The van der Waals surface area contributed by atoms with Crippen LogP contribution in [0, 0.1) is 12.3 Å². The lowest BCUT2D eigenvalue weighted by Gasteiger charge is -2.08. The first-order chi connectivity index (χ1) is 13.8. The molecular weight excluding hydrogens is 372 g/mol. The maximum atomic E-state index is 10.8. The minimum atomic E-state index is -0.282. The van der Waals surface area contributed by atoms with Crippen LogP contribution in [0.3, 0.4) is 0 Å². The molecule has 0 saturated heterocycles. The number of methoxy groups -OCH3 is 1. The van der Waals surface area contributed by atoms with Crippen molar-refractivity contribution in [3.63, 3.8) is 0 Å². The van der Waals surface area contributed by atoms with Gasteiger partial charge in [0.25, 0.3) is 0 Å². The van der Waals surface area contributed by atoms with Gasteiger partial charge in [0.1, 0.15) is 6.61 Å². The topological polar surface area (TPSA) is 90.9 Å². The molecule has 28 heavy (non-hydrogen) atoms. The van der Waals surface area contributed by atoms with Crippen molar-refractivity contribution in [3.05, 3.63) is 0 Å². The van der Waals surface area contributed by atoms with E-state index in [9.17, 15) is 4.79 Å². The first kappa shape index (κ1) is 26.8. The third-order valence-electron chi connectivity index (χ3n) is 3.10. The van der Waals surface area contributed by atoms with Gasteiger partial charge in [-0.05, 0) is 0 Å². The van der Waals surface area contributed by atoms with Gasteiger partial charge in [0.2, 0.25) is 0 Å². The van der Waals surface area contributed by atoms with Gasteiger partial charge >= 0.3 is 5.97 Å². The van der Waals surface area contributed by atoms with E-state index in [4.69, 9.17) is 39.6 Å². The predicted molar refractivity (Wildman–Crippen MR) is 101 cm³/mol. The highest BCUT2D eigenvalue weighted by atomic mass is 16.6. The zero-order valence-electron chi connectivity index (χ0n) is 16.9. The summed E-state index contributed by atoms with van der Waals surface area (Å²) in [7, 11) is 1.35. The van der Waals surface area contributed by atoms with E-state index >= 15 is 0 Å². The molecular formula is C19H34O9. The van der Waals surface area contributed by atoms with Gasteiger partial charge in [0.05, 0.1) is 99.4 Å². The Bertz CT molecular complexity index is 371. The molecule has 0 atom stereocenters. The molecule has 0 saturated carbocycles. The summed E-state index contributed by atoms with van der Waals surface area (Å²) in [6, 6.07) is 0. The third kappa shape index (κ3) is 22.8. The Morgan fingerprint density at radius 3 is 1.25 bits per heavy atom. The van der Waals surface area contributed by atoms with E-state index in [1.807, 2.05) is 0 Å². The normalized spacial score (nSPS) is 10.7. The monoisotopic (exact) mass is 406 g/mol. The number of rotatable bonds is 22. The second kappa shape index (κ2) is 23.8. The Morgan fingerprint density at radius 1 is 0.607 bits per heavy atom. The first-order valence-electron chi connectivity index (χ1n) is 9.35. The Morgan fingerprint density at radius 2 is 0.929 bits per heavy atom. The molecule has 0 fully saturated rings. The number of hydrogen-bond acceptors (Lipinski definition) is 9. The summed E-state index contributed by atoms with van der Waals surface area (Å²) in [5.41, 5.74) is 0. The van der Waals surface area contributed by atoms with Gasteiger partial charge in [-0.15, -0.1) is 6.42 Å². The van der Waals surface area contributed by atoms with Gasteiger partial charge in [-0.25, -0.2) is 0 Å². The summed E-state index contributed by atoms with van der Waals surface area (Å²) < 4.78 is 41.5. The summed E-state index contributed by atoms with van der Waals surface area (Å²) in [6.45, 7) is 6.55. The number of hydrogen-bond donors (Lipinski definition) is 0. The number of esters is 1. The van der Waals surface area contributed by atoms with E-state index in [-0.39, 0.29) is 12.4 Å². The van der Waals surface area contributed by atoms with Crippen molar-refractivity contribution in [2.24, 2.45) is 0 Å². The van der Waals surface area contributed by atoms with Crippen LogP contribution in [-0.4, -0.2) is 106 Å². The lowest BCUT2D eigenvalue weighted by Crippen LogP contribution is -2.14. The molecule has 164 valence electrons. The number of carbonyl (C=O) groups excluding carboxylic acids is 1. The molecule has 0 aromatic carbocycles. The van der Waals surface area contributed by atoms with Crippen LogP contribution < -0.4 is 0 Å². The van der Waals surface area contributed by atoms with Gasteiger partial charge in [0, 0.05) is 0 Å². The molecule has 0 rings (SSSR count). The highest BCUT2D eigenvalue weighted by Crippen LogP contribution is 1.88. The summed E-state index contributed by atoms with van der Waals surface area (Å²) in [5.74, 6) is 2.10. The van der Waals surface area contributed by atoms with Crippen molar-refractivity contribution in [2.45, 2.75) is 6.42 Å². The molecule has 0 aliphatic heterocycles. The van der Waals surface area contributed by atoms with Gasteiger partial charge in [-0.3, -0.25) is 4.79 Å². The van der Waals surface area contributed by atoms with Crippen molar-refractivity contribution in [2.75, 3.05) is 99.6 Å². The fourth-order valence-corrected chi connectivity index (χ4v) is 1.71. The van der Waals surface area contributed by atoms with E-state index in [1.165, 1.54) is 7.11 Å². The maximum absolute atomic E-state index is 10.8. The minimum Gasteiger partial charge on any atom is -0.469 e. The second-order valence-corrected chi connectivity index (χ2v) is 5.26.